The van der Waals surface area contributed by atoms with Gasteiger partial charge in [-0.05, 0) is 17.5 Å². The van der Waals surface area contributed by atoms with E-state index in [1.54, 1.807) is 0 Å². The number of hydrogen-bond donors (Lipinski definition) is 2. The summed E-state index contributed by atoms with van der Waals surface area (Å²) in [4.78, 5) is 0. The van der Waals surface area contributed by atoms with E-state index in [0.717, 1.165) is 0 Å². The summed E-state index contributed by atoms with van der Waals surface area (Å²) in [5.74, 6) is 1.05. The first-order chi connectivity index (χ1) is 6.29. The molecule has 4 unspecified atom stereocenters. The molecule has 3 rings (SSSR count). The summed E-state index contributed by atoms with van der Waals surface area (Å²) in [7, 11) is 0. The van der Waals surface area contributed by atoms with Gasteiger partial charge in [0, 0.05) is 23.9 Å². The highest BCUT2D eigenvalue weighted by atomic mass is 35.5. The van der Waals surface area contributed by atoms with E-state index in [2.05, 4.69) is 24.3 Å². The molecule has 4 N–H and O–H groups in total. The topological polar surface area (TPSA) is 52.0 Å². The van der Waals surface area contributed by atoms with Gasteiger partial charge in [-0.3, -0.25) is 0 Å². The van der Waals surface area contributed by atoms with E-state index in [1.807, 2.05) is 0 Å². The van der Waals surface area contributed by atoms with Crippen molar-refractivity contribution in [2.45, 2.75) is 30.3 Å². The summed E-state index contributed by atoms with van der Waals surface area (Å²) in [6.45, 7) is 0. The summed E-state index contributed by atoms with van der Waals surface area (Å²) in [5, 5.41) is 0. The lowest BCUT2D eigenvalue weighted by Gasteiger charge is -2.26. The van der Waals surface area contributed by atoms with Crippen molar-refractivity contribution in [3.63, 3.8) is 0 Å². The Labute approximate surface area is 102 Å². The molecule has 4 atom stereocenters. The maximum Gasteiger partial charge on any atom is 0.0268 e. The zero-order chi connectivity index (χ0) is 9.00. The molecule has 15 heavy (non-hydrogen) atoms. The third-order valence-corrected chi connectivity index (χ3v) is 3.68. The van der Waals surface area contributed by atoms with E-state index in [0.29, 0.717) is 11.8 Å². The van der Waals surface area contributed by atoms with Crippen molar-refractivity contribution in [3.8, 4) is 0 Å². The molecule has 1 aromatic carbocycles. The molecule has 2 nitrogen and oxygen atoms in total. The Hall–Kier alpha value is -0.280. The van der Waals surface area contributed by atoms with Crippen molar-refractivity contribution in [1.82, 2.24) is 0 Å². The minimum Gasteiger partial charge on any atom is -0.326 e. The lowest BCUT2D eigenvalue weighted by Crippen LogP contribution is -2.44. The van der Waals surface area contributed by atoms with E-state index in [4.69, 9.17) is 11.5 Å². The molecular formula is C11H16Cl2N2. The van der Waals surface area contributed by atoms with Gasteiger partial charge in [0.1, 0.15) is 0 Å². The quantitative estimate of drug-likeness (QED) is 0.734. The van der Waals surface area contributed by atoms with Gasteiger partial charge in [0.05, 0.1) is 0 Å². The summed E-state index contributed by atoms with van der Waals surface area (Å²) < 4.78 is 0. The number of hydrogen-bond acceptors (Lipinski definition) is 2. The maximum atomic E-state index is 6.05. The molecule has 4 heteroatoms. The molecule has 1 fully saturated rings. The number of benzene rings is 1. The number of rotatable bonds is 0. The fourth-order valence-electron chi connectivity index (χ4n) is 2.98. The van der Waals surface area contributed by atoms with Crippen LogP contribution in [0.1, 0.15) is 29.4 Å². The smallest absolute Gasteiger partial charge is 0.0268 e. The number of fused-ring (bicyclic) bond motifs is 5. The second-order valence-electron chi connectivity index (χ2n) is 4.23. The van der Waals surface area contributed by atoms with Crippen LogP contribution in [0.2, 0.25) is 0 Å². The zero-order valence-electron chi connectivity index (χ0n) is 8.30. The average molecular weight is 247 g/mol. The van der Waals surface area contributed by atoms with E-state index in [9.17, 15) is 0 Å². The highest BCUT2D eigenvalue weighted by Crippen LogP contribution is 2.51. The van der Waals surface area contributed by atoms with Crippen LogP contribution < -0.4 is 11.5 Å². The van der Waals surface area contributed by atoms with Gasteiger partial charge >= 0.3 is 0 Å². The van der Waals surface area contributed by atoms with Crippen LogP contribution in [0.5, 0.6) is 0 Å². The number of nitrogens with two attached hydrogens (primary N) is 2. The van der Waals surface area contributed by atoms with Crippen molar-refractivity contribution in [1.29, 1.82) is 0 Å². The second kappa shape index (κ2) is 4.30. The van der Waals surface area contributed by atoms with Crippen molar-refractivity contribution >= 4 is 24.8 Å². The van der Waals surface area contributed by atoms with Crippen molar-refractivity contribution < 1.29 is 0 Å². The highest BCUT2D eigenvalue weighted by molar-refractivity contribution is 5.85. The molecule has 0 aromatic heterocycles. The van der Waals surface area contributed by atoms with Crippen LogP contribution in [0.15, 0.2) is 24.3 Å². The minimum atomic E-state index is 0. The first-order valence-corrected chi connectivity index (χ1v) is 4.89. The van der Waals surface area contributed by atoms with E-state index in [-0.39, 0.29) is 36.9 Å². The van der Waals surface area contributed by atoms with Gasteiger partial charge in [-0.25, -0.2) is 0 Å². The van der Waals surface area contributed by atoms with Gasteiger partial charge in [-0.2, -0.15) is 0 Å². The molecule has 0 saturated heterocycles. The second-order valence-corrected chi connectivity index (χ2v) is 4.23. The number of halogens is 2. The van der Waals surface area contributed by atoms with Crippen LogP contribution in [-0.4, -0.2) is 12.1 Å². The van der Waals surface area contributed by atoms with Gasteiger partial charge < -0.3 is 11.5 Å². The molecule has 0 heterocycles. The third kappa shape index (κ3) is 1.56. The average Bonchev–Trinajstić information content (AvgIpc) is 2.66. The van der Waals surface area contributed by atoms with Crippen LogP contribution in [0, 0.1) is 0 Å². The molecule has 1 saturated carbocycles. The van der Waals surface area contributed by atoms with Gasteiger partial charge in [0.25, 0.3) is 0 Å². The first kappa shape index (κ1) is 12.8. The van der Waals surface area contributed by atoms with Crippen molar-refractivity contribution in [2.75, 3.05) is 0 Å². The van der Waals surface area contributed by atoms with E-state index in [1.165, 1.54) is 17.5 Å². The minimum absolute atomic E-state index is 0. The monoisotopic (exact) mass is 246 g/mol. The van der Waals surface area contributed by atoms with Crippen LogP contribution in [0.4, 0.5) is 0 Å². The Morgan fingerprint density at radius 2 is 1.27 bits per heavy atom. The molecule has 0 aliphatic heterocycles. The van der Waals surface area contributed by atoms with Crippen LogP contribution in [0.25, 0.3) is 0 Å². The summed E-state index contributed by atoms with van der Waals surface area (Å²) in [5.41, 5.74) is 15.0. The Kier molecular flexibility index (Phi) is 3.67. The maximum absolute atomic E-state index is 6.05. The Morgan fingerprint density at radius 3 is 1.67 bits per heavy atom. The lowest BCUT2D eigenvalue weighted by atomic mass is 9.86. The van der Waals surface area contributed by atoms with Crippen LogP contribution >= 0.6 is 24.8 Å². The molecule has 0 amide bonds. The van der Waals surface area contributed by atoms with Crippen LogP contribution in [0.3, 0.4) is 0 Å². The van der Waals surface area contributed by atoms with Gasteiger partial charge in [-0.15, -0.1) is 24.8 Å². The molecule has 2 aliphatic rings. The van der Waals surface area contributed by atoms with Crippen molar-refractivity contribution in [3.05, 3.63) is 35.4 Å². The van der Waals surface area contributed by atoms with Crippen molar-refractivity contribution in [2.24, 2.45) is 11.5 Å². The normalized spacial score (nSPS) is 35.3. The third-order valence-electron chi connectivity index (χ3n) is 3.68. The molecule has 2 aliphatic carbocycles. The molecular weight excluding hydrogens is 231 g/mol. The van der Waals surface area contributed by atoms with Gasteiger partial charge in [0.15, 0.2) is 0 Å². The predicted octanol–water partition coefficient (Wildman–Crippen LogP) is 1.77. The molecule has 1 aromatic rings. The summed E-state index contributed by atoms with van der Waals surface area (Å²) in [6.07, 6.45) is 1.17. The van der Waals surface area contributed by atoms with Gasteiger partial charge in [0.2, 0.25) is 0 Å². The zero-order valence-corrected chi connectivity index (χ0v) is 9.93. The molecule has 0 spiro atoms. The standard InChI is InChI=1S/C11H14N2.2ClH/c12-10-8-5-9(11(10)13)7-4-2-1-3-6(7)8;;/h1-4,8-11H,5,12-13H2;2*1H. The first-order valence-electron chi connectivity index (χ1n) is 4.89. The predicted molar refractivity (Wildman–Crippen MR) is 67.0 cm³/mol. The highest BCUT2D eigenvalue weighted by Gasteiger charge is 2.47. The molecule has 2 bridgehead atoms. The Bertz CT molecular complexity index is 323. The largest absolute Gasteiger partial charge is 0.326 e. The van der Waals surface area contributed by atoms with Crippen LogP contribution in [-0.2, 0) is 0 Å². The summed E-state index contributed by atoms with van der Waals surface area (Å²) >= 11 is 0. The lowest BCUT2D eigenvalue weighted by molar-refractivity contribution is 0.514. The Balaban J connectivity index is 0.000000562. The van der Waals surface area contributed by atoms with E-state index < -0.39 is 0 Å². The van der Waals surface area contributed by atoms with E-state index >= 15 is 0 Å². The SMILES string of the molecule is Cl.Cl.NC1C2CC(c3ccccc32)C1N. The Morgan fingerprint density at radius 1 is 0.867 bits per heavy atom. The van der Waals surface area contributed by atoms with Gasteiger partial charge in [-0.1, -0.05) is 24.3 Å². The molecule has 84 valence electrons. The summed E-state index contributed by atoms with van der Waals surface area (Å²) in [6, 6.07) is 8.95. The fourth-order valence-corrected chi connectivity index (χ4v) is 2.98. The molecule has 0 radical (unpaired) electrons. The fraction of sp³-hybridized carbons (Fsp3) is 0.455.